The fraction of sp³-hybridized carbons (Fsp3) is 0.538. The van der Waals surface area contributed by atoms with E-state index in [0.29, 0.717) is 12.6 Å². The lowest BCUT2D eigenvalue weighted by Gasteiger charge is -2.24. The molecule has 0 spiro atoms. The topological polar surface area (TPSA) is 30.5 Å². The molecule has 2 rings (SSSR count). The molecule has 0 radical (unpaired) electrons. The first-order chi connectivity index (χ1) is 8.40. The molecule has 0 bridgehead atoms. The van der Waals surface area contributed by atoms with Crippen LogP contribution in [0.5, 0.6) is 5.75 Å². The Morgan fingerprint density at radius 2 is 2.29 bits per heavy atom. The first-order valence-corrected chi connectivity index (χ1v) is 7.14. The van der Waals surface area contributed by atoms with E-state index in [9.17, 15) is 0 Å². The average molecular weight is 253 g/mol. The molecular formula is C13H19NO2S. The van der Waals surface area contributed by atoms with E-state index in [4.69, 9.17) is 9.57 Å². The van der Waals surface area contributed by atoms with Crippen molar-refractivity contribution in [3.05, 3.63) is 29.8 Å². The second-order valence-electron chi connectivity index (χ2n) is 4.09. The van der Waals surface area contributed by atoms with Gasteiger partial charge in [-0.25, -0.2) is 0 Å². The van der Waals surface area contributed by atoms with E-state index in [1.54, 1.807) is 7.11 Å². The van der Waals surface area contributed by atoms with Gasteiger partial charge in [0, 0.05) is 17.9 Å². The van der Waals surface area contributed by atoms with E-state index in [1.165, 1.54) is 18.6 Å². The average Bonchev–Trinajstić information content (AvgIpc) is 2.39. The van der Waals surface area contributed by atoms with E-state index >= 15 is 0 Å². The summed E-state index contributed by atoms with van der Waals surface area (Å²) in [7, 11) is 1.63. The molecule has 1 heterocycles. The van der Waals surface area contributed by atoms with Crippen molar-refractivity contribution >= 4 is 11.8 Å². The Labute approximate surface area is 107 Å². The standard InChI is InChI=1S/C13H19NO2S/c1-15-14-9-11-5-2-3-7-13(11)16-12-6-4-8-17-10-12/h2-3,5,7,12,14H,4,6,8-10H2,1H3. The number of para-hydroxylation sites is 1. The summed E-state index contributed by atoms with van der Waals surface area (Å²) in [6, 6.07) is 8.14. The lowest BCUT2D eigenvalue weighted by atomic mass is 10.2. The highest BCUT2D eigenvalue weighted by atomic mass is 32.2. The van der Waals surface area contributed by atoms with Crippen LogP contribution in [0, 0.1) is 0 Å². The normalized spacial score (nSPS) is 20.2. The molecule has 3 nitrogen and oxygen atoms in total. The maximum absolute atomic E-state index is 6.07. The van der Waals surface area contributed by atoms with Crippen LogP contribution in [-0.2, 0) is 11.4 Å². The summed E-state index contributed by atoms with van der Waals surface area (Å²) in [6.07, 6.45) is 2.78. The first-order valence-electron chi connectivity index (χ1n) is 5.98. The Kier molecular flexibility index (Phi) is 5.16. The van der Waals surface area contributed by atoms with Crippen LogP contribution >= 0.6 is 11.8 Å². The molecule has 0 saturated carbocycles. The Hall–Kier alpha value is -0.710. The SMILES string of the molecule is CONCc1ccccc1OC1CCCSC1. The lowest BCUT2D eigenvalue weighted by Crippen LogP contribution is -2.24. The van der Waals surface area contributed by atoms with Gasteiger partial charge in [0.1, 0.15) is 11.9 Å². The summed E-state index contributed by atoms with van der Waals surface area (Å²) in [5.74, 6) is 3.35. The fourth-order valence-electron chi connectivity index (χ4n) is 1.90. The van der Waals surface area contributed by atoms with E-state index in [1.807, 2.05) is 30.0 Å². The van der Waals surface area contributed by atoms with Crippen molar-refractivity contribution in [2.45, 2.75) is 25.5 Å². The fourth-order valence-corrected chi connectivity index (χ4v) is 2.93. The molecule has 1 aromatic carbocycles. The largest absolute Gasteiger partial charge is 0.489 e. The molecule has 1 fully saturated rings. The summed E-state index contributed by atoms with van der Waals surface area (Å²) < 4.78 is 6.07. The van der Waals surface area contributed by atoms with E-state index in [-0.39, 0.29) is 0 Å². The van der Waals surface area contributed by atoms with Gasteiger partial charge in [0.2, 0.25) is 0 Å². The van der Waals surface area contributed by atoms with Gasteiger partial charge in [0.05, 0.1) is 7.11 Å². The predicted octanol–water partition coefficient (Wildman–Crippen LogP) is 2.61. The van der Waals surface area contributed by atoms with Crippen molar-refractivity contribution in [1.82, 2.24) is 5.48 Å². The van der Waals surface area contributed by atoms with Gasteiger partial charge in [-0.15, -0.1) is 0 Å². The molecule has 0 aromatic heterocycles. The van der Waals surface area contributed by atoms with Crippen LogP contribution in [0.15, 0.2) is 24.3 Å². The highest BCUT2D eigenvalue weighted by molar-refractivity contribution is 7.99. The number of thioether (sulfide) groups is 1. The molecule has 17 heavy (non-hydrogen) atoms. The van der Waals surface area contributed by atoms with Gasteiger partial charge in [-0.3, -0.25) is 0 Å². The van der Waals surface area contributed by atoms with Gasteiger partial charge >= 0.3 is 0 Å². The molecule has 94 valence electrons. The highest BCUT2D eigenvalue weighted by Gasteiger charge is 2.16. The van der Waals surface area contributed by atoms with E-state index in [2.05, 4.69) is 11.5 Å². The molecule has 1 aliphatic heterocycles. The number of benzene rings is 1. The van der Waals surface area contributed by atoms with Crippen molar-refractivity contribution in [3.63, 3.8) is 0 Å². The predicted molar refractivity (Wildman–Crippen MR) is 71.3 cm³/mol. The number of hydroxylamine groups is 1. The van der Waals surface area contributed by atoms with Crippen LogP contribution in [-0.4, -0.2) is 24.7 Å². The van der Waals surface area contributed by atoms with Gasteiger partial charge in [0.15, 0.2) is 0 Å². The van der Waals surface area contributed by atoms with Crippen molar-refractivity contribution < 1.29 is 9.57 Å². The number of ether oxygens (including phenoxy) is 1. The zero-order valence-electron chi connectivity index (χ0n) is 10.1. The second kappa shape index (κ2) is 6.89. The summed E-state index contributed by atoms with van der Waals surface area (Å²) in [6.45, 7) is 0.673. The third-order valence-electron chi connectivity index (χ3n) is 2.79. The third-order valence-corrected chi connectivity index (χ3v) is 3.98. The summed E-state index contributed by atoms with van der Waals surface area (Å²) >= 11 is 1.98. The molecule has 0 amide bonds. The minimum atomic E-state index is 0.359. The van der Waals surface area contributed by atoms with Crippen LogP contribution in [0.2, 0.25) is 0 Å². The van der Waals surface area contributed by atoms with E-state index in [0.717, 1.165) is 17.1 Å². The molecule has 1 aromatic rings. The Bertz CT molecular complexity index is 340. The highest BCUT2D eigenvalue weighted by Crippen LogP contribution is 2.25. The summed E-state index contributed by atoms with van der Waals surface area (Å²) in [5.41, 5.74) is 4.00. The summed E-state index contributed by atoms with van der Waals surface area (Å²) in [5, 5.41) is 0. The Morgan fingerprint density at radius 1 is 1.41 bits per heavy atom. The van der Waals surface area contributed by atoms with Crippen LogP contribution in [0.3, 0.4) is 0 Å². The van der Waals surface area contributed by atoms with Crippen molar-refractivity contribution in [2.75, 3.05) is 18.6 Å². The van der Waals surface area contributed by atoms with Crippen LogP contribution < -0.4 is 10.2 Å². The smallest absolute Gasteiger partial charge is 0.124 e. The molecule has 1 N–H and O–H groups in total. The monoisotopic (exact) mass is 253 g/mol. The van der Waals surface area contributed by atoms with Gasteiger partial charge in [-0.05, 0) is 24.7 Å². The molecule has 1 aliphatic rings. The number of nitrogens with one attached hydrogen (secondary N) is 1. The van der Waals surface area contributed by atoms with Gasteiger partial charge < -0.3 is 9.57 Å². The molecule has 4 heteroatoms. The van der Waals surface area contributed by atoms with Crippen molar-refractivity contribution in [1.29, 1.82) is 0 Å². The number of hydrogen-bond acceptors (Lipinski definition) is 4. The van der Waals surface area contributed by atoms with Crippen LogP contribution in [0.4, 0.5) is 0 Å². The minimum Gasteiger partial charge on any atom is -0.489 e. The molecule has 1 saturated heterocycles. The Morgan fingerprint density at radius 3 is 3.06 bits per heavy atom. The molecule has 1 unspecified atom stereocenters. The van der Waals surface area contributed by atoms with Crippen LogP contribution in [0.1, 0.15) is 18.4 Å². The second-order valence-corrected chi connectivity index (χ2v) is 5.24. The molecule has 0 aliphatic carbocycles. The quantitative estimate of drug-likeness (QED) is 0.817. The maximum Gasteiger partial charge on any atom is 0.124 e. The maximum atomic E-state index is 6.07. The number of rotatable bonds is 5. The van der Waals surface area contributed by atoms with Crippen molar-refractivity contribution in [2.24, 2.45) is 0 Å². The zero-order chi connectivity index (χ0) is 11.9. The first kappa shape index (κ1) is 12.7. The molecular weight excluding hydrogens is 234 g/mol. The molecule has 1 atom stereocenters. The van der Waals surface area contributed by atoms with Crippen molar-refractivity contribution in [3.8, 4) is 5.75 Å². The Balaban J connectivity index is 1.98. The van der Waals surface area contributed by atoms with Gasteiger partial charge in [-0.2, -0.15) is 17.2 Å². The van der Waals surface area contributed by atoms with Gasteiger partial charge in [0.25, 0.3) is 0 Å². The third kappa shape index (κ3) is 3.91. The lowest BCUT2D eigenvalue weighted by molar-refractivity contribution is 0.0854. The summed E-state index contributed by atoms with van der Waals surface area (Å²) in [4.78, 5) is 4.88. The van der Waals surface area contributed by atoms with E-state index < -0.39 is 0 Å². The zero-order valence-corrected chi connectivity index (χ0v) is 11.0. The van der Waals surface area contributed by atoms with Crippen LogP contribution in [0.25, 0.3) is 0 Å². The minimum absolute atomic E-state index is 0.359. The van der Waals surface area contributed by atoms with Gasteiger partial charge in [-0.1, -0.05) is 18.2 Å². The number of hydrogen-bond donors (Lipinski definition) is 1.